The second-order valence-corrected chi connectivity index (χ2v) is 7.36. The van der Waals surface area contributed by atoms with E-state index in [1.165, 1.54) is 13.8 Å². The smallest absolute Gasteiger partial charge is 0.341 e. The van der Waals surface area contributed by atoms with E-state index in [4.69, 9.17) is 9.47 Å². The van der Waals surface area contributed by atoms with Crippen LogP contribution < -0.4 is 0 Å². The van der Waals surface area contributed by atoms with Crippen LogP contribution in [0.3, 0.4) is 0 Å². The van der Waals surface area contributed by atoms with Gasteiger partial charge in [-0.25, -0.2) is 4.79 Å². The molecule has 0 aliphatic carbocycles. The lowest BCUT2D eigenvalue weighted by Crippen LogP contribution is -2.61. The van der Waals surface area contributed by atoms with E-state index in [0.29, 0.717) is 18.5 Å². The molecule has 0 radical (unpaired) electrons. The fourth-order valence-electron chi connectivity index (χ4n) is 3.75. The molecule has 0 aromatic carbocycles. The third-order valence-corrected chi connectivity index (χ3v) is 5.91. The summed E-state index contributed by atoms with van der Waals surface area (Å²) in [6, 6.07) is -0.595. The molecule has 0 spiro atoms. The molecule has 134 valence electrons. The predicted octanol–water partition coefficient (Wildman–Crippen LogP) is -0.380. The number of ether oxygens (including phenoxy) is 2. The van der Waals surface area contributed by atoms with Crippen molar-refractivity contribution in [1.82, 2.24) is 0 Å². The molecule has 6 atom stereocenters. The molecule has 24 heavy (non-hydrogen) atoms. The van der Waals surface area contributed by atoms with Gasteiger partial charge in [-0.05, 0) is 26.8 Å². The number of rotatable bonds is 0. The number of carbonyl (C=O) groups excluding carboxylic acids is 2. The molecule has 0 bridgehead atoms. The molecule has 2 saturated heterocycles. The van der Waals surface area contributed by atoms with Gasteiger partial charge >= 0.3 is 11.9 Å². The molecular weight excluding hydrogens is 318 g/mol. The van der Waals surface area contributed by atoms with Crippen molar-refractivity contribution < 1.29 is 33.9 Å². The van der Waals surface area contributed by atoms with Crippen LogP contribution in [0.1, 0.15) is 27.2 Å². The molecule has 0 aromatic heterocycles. The summed E-state index contributed by atoms with van der Waals surface area (Å²) in [6.45, 7) is 4.08. The first kappa shape index (κ1) is 17.3. The number of hydroxylamine groups is 3. The quantitative estimate of drug-likeness (QED) is 0.267. The maximum atomic E-state index is 12.8. The number of carbonyl (C=O) groups is 2. The number of esters is 2. The molecule has 0 saturated carbocycles. The van der Waals surface area contributed by atoms with E-state index in [1.807, 2.05) is 0 Å². The zero-order valence-corrected chi connectivity index (χ0v) is 14.0. The number of aliphatic hydroxyl groups is 2. The SMILES string of the molecule is C[C@H]1C(=O)OC2CC[N+]3([O-])CC=C(COC(=O)[C@](C)(O)[C@]1(C)O)[C@H]23. The summed E-state index contributed by atoms with van der Waals surface area (Å²) in [7, 11) is 0. The van der Waals surface area contributed by atoms with Gasteiger partial charge in [0.1, 0.15) is 12.2 Å². The molecule has 8 heteroatoms. The zero-order valence-electron chi connectivity index (χ0n) is 14.0. The normalized spacial score (nSPS) is 48.9. The van der Waals surface area contributed by atoms with Crippen molar-refractivity contribution in [3.8, 4) is 0 Å². The zero-order chi connectivity index (χ0) is 17.9. The molecule has 0 amide bonds. The van der Waals surface area contributed by atoms with Crippen LogP contribution in [0.5, 0.6) is 0 Å². The van der Waals surface area contributed by atoms with E-state index in [1.54, 1.807) is 6.08 Å². The Labute approximate surface area is 139 Å². The summed E-state index contributed by atoms with van der Waals surface area (Å²) in [5.74, 6) is -2.97. The van der Waals surface area contributed by atoms with Gasteiger partial charge in [-0.1, -0.05) is 0 Å². The summed E-state index contributed by atoms with van der Waals surface area (Å²) >= 11 is 0. The van der Waals surface area contributed by atoms with Crippen LogP contribution in [0, 0.1) is 11.1 Å². The van der Waals surface area contributed by atoms with Gasteiger partial charge in [0.05, 0.1) is 19.0 Å². The van der Waals surface area contributed by atoms with Crippen molar-refractivity contribution in [2.75, 3.05) is 19.7 Å². The van der Waals surface area contributed by atoms with Crippen molar-refractivity contribution in [3.63, 3.8) is 0 Å². The fourth-order valence-corrected chi connectivity index (χ4v) is 3.75. The lowest BCUT2D eigenvalue weighted by atomic mass is 9.76. The van der Waals surface area contributed by atoms with Crippen LogP contribution in [0.4, 0.5) is 0 Å². The number of cyclic esters (lactones) is 1. The molecule has 3 rings (SSSR count). The maximum Gasteiger partial charge on any atom is 0.341 e. The number of hydrogen-bond donors (Lipinski definition) is 2. The van der Waals surface area contributed by atoms with Crippen LogP contribution in [-0.4, -0.2) is 69.8 Å². The Morgan fingerprint density at radius 3 is 2.67 bits per heavy atom. The van der Waals surface area contributed by atoms with Crippen molar-refractivity contribution >= 4 is 11.9 Å². The Balaban J connectivity index is 1.99. The molecule has 2 fully saturated rings. The molecule has 3 heterocycles. The van der Waals surface area contributed by atoms with E-state index in [9.17, 15) is 25.0 Å². The van der Waals surface area contributed by atoms with E-state index >= 15 is 0 Å². The summed E-state index contributed by atoms with van der Waals surface area (Å²) < 4.78 is 10.1. The summed E-state index contributed by atoms with van der Waals surface area (Å²) in [6.07, 6.45) is 1.50. The number of hydrogen-bond acceptors (Lipinski definition) is 7. The average molecular weight is 341 g/mol. The van der Waals surface area contributed by atoms with Crippen LogP contribution in [-0.2, 0) is 19.1 Å². The Morgan fingerprint density at radius 2 is 2.00 bits per heavy atom. The van der Waals surface area contributed by atoms with Crippen molar-refractivity contribution in [2.24, 2.45) is 5.92 Å². The second kappa shape index (κ2) is 5.26. The standard InChI is InChI=1S/C16H23NO7/c1-9-13(18)24-11-5-7-17(22)6-4-10(12(11)17)8-23-14(19)16(3,21)15(9,2)20/h4,9,11-12,20-21H,5-8H2,1-3H3/t9-,11?,12+,15+,16-,17?/m0/s1. The van der Waals surface area contributed by atoms with Crippen LogP contribution in [0.25, 0.3) is 0 Å². The Bertz CT molecular complexity index is 612. The van der Waals surface area contributed by atoms with Gasteiger partial charge in [0.25, 0.3) is 0 Å². The largest absolute Gasteiger partial charge is 0.632 e. The van der Waals surface area contributed by atoms with Gasteiger partial charge in [-0.2, -0.15) is 0 Å². The summed E-state index contributed by atoms with van der Waals surface area (Å²) in [5, 5.41) is 33.9. The minimum Gasteiger partial charge on any atom is -0.632 e. The lowest BCUT2D eigenvalue weighted by molar-refractivity contribution is -0.877. The first-order chi connectivity index (χ1) is 11.0. The van der Waals surface area contributed by atoms with Crippen LogP contribution in [0.15, 0.2) is 11.6 Å². The average Bonchev–Trinajstić information content (AvgIpc) is 2.99. The van der Waals surface area contributed by atoms with E-state index in [0.717, 1.165) is 6.92 Å². The minimum atomic E-state index is -2.30. The molecule has 0 aromatic rings. The Hall–Kier alpha value is -1.48. The predicted molar refractivity (Wildman–Crippen MR) is 81.1 cm³/mol. The maximum absolute atomic E-state index is 12.8. The van der Waals surface area contributed by atoms with E-state index in [2.05, 4.69) is 0 Å². The fraction of sp³-hybridized carbons (Fsp3) is 0.750. The van der Waals surface area contributed by atoms with Crippen LogP contribution in [0.2, 0.25) is 0 Å². The van der Waals surface area contributed by atoms with Gasteiger partial charge in [0.2, 0.25) is 0 Å². The van der Waals surface area contributed by atoms with Gasteiger partial charge in [-0.15, -0.1) is 0 Å². The summed E-state index contributed by atoms with van der Waals surface area (Å²) in [5.41, 5.74) is -3.79. The highest BCUT2D eigenvalue weighted by molar-refractivity contribution is 5.83. The highest BCUT2D eigenvalue weighted by Crippen LogP contribution is 2.40. The van der Waals surface area contributed by atoms with Crippen molar-refractivity contribution in [2.45, 2.75) is 50.5 Å². The minimum absolute atomic E-state index is 0.166. The lowest BCUT2D eigenvalue weighted by Gasteiger charge is -2.40. The number of nitrogens with zero attached hydrogens (tertiary/aromatic N) is 1. The van der Waals surface area contributed by atoms with Crippen molar-refractivity contribution in [1.29, 1.82) is 0 Å². The van der Waals surface area contributed by atoms with Gasteiger partial charge in [-0.3, -0.25) is 4.79 Å². The monoisotopic (exact) mass is 341 g/mol. The third kappa shape index (κ3) is 2.28. The Morgan fingerprint density at radius 1 is 1.33 bits per heavy atom. The molecule has 8 nitrogen and oxygen atoms in total. The van der Waals surface area contributed by atoms with E-state index in [-0.39, 0.29) is 13.2 Å². The third-order valence-electron chi connectivity index (χ3n) is 5.91. The Kier molecular flexibility index (Phi) is 3.80. The van der Waals surface area contributed by atoms with E-state index < -0.39 is 45.9 Å². The topological polar surface area (TPSA) is 116 Å². The molecule has 3 aliphatic rings. The highest BCUT2D eigenvalue weighted by Gasteiger charge is 2.57. The molecule has 2 N–H and O–H groups in total. The van der Waals surface area contributed by atoms with Gasteiger partial charge in [0.15, 0.2) is 17.7 Å². The molecule has 3 aliphatic heterocycles. The highest BCUT2D eigenvalue weighted by atomic mass is 16.6. The van der Waals surface area contributed by atoms with Gasteiger partial charge in [0, 0.05) is 12.0 Å². The number of quaternary nitrogens is 1. The first-order valence-corrected chi connectivity index (χ1v) is 8.10. The first-order valence-electron chi connectivity index (χ1n) is 8.10. The second-order valence-electron chi connectivity index (χ2n) is 7.36. The van der Waals surface area contributed by atoms with Gasteiger partial charge < -0.3 is 29.5 Å². The van der Waals surface area contributed by atoms with Crippen LogP contribution >= 0.6 is 0 Å². The molecule has 2 unspecified atom stereocenters. The summed E-state index contributed by atoms with van der Waals surface area (Å²) in [4.78, 5) is 24.7. The van der Waals surface area contributed by atoms with Crippen molar-refractivity contribution in [3.05, 3.63) is 16.9 Å². The molecular formula is C16H23NO7.